The summed E-state index contributed by atoms with van der Waals surface area (Å²) in [6.07, 6.45) is -4.57. The number of halogens is 3. The van der Waals surface area contributed by atoms with Gasteiger partial charge in [0.1, 0.15) is 5.75 Å². The fourth-order valence-corrected chi connectivity index (χ4v) is 4.18. The molecule has 0 unspecified atom stereocenters. The van der Waals surface area contributed by atoms with Crippen molar-refractivity contribution in [2.24, 2.45) is 0 Å². The van der Waals surface area contributed by atoms with Gasteiger partial charge in [0, 0.05) is 0 Å². The van der Waals surface area contributed by atoms with Crippen LogP contribution in [-0.4, -0.2) is 15.7 Å². The molecular formula is C25H15F3N2O2S. The van der Waals surface area contributed by atoms with E-state index in [1.165, 1.54) is 28.2 Å². The molecule has 0 bridgehead atoms. The van der Waals surface area contributed by atoms with Crippen LogP contribution in [0, 0.1) is 0 Å². The molecule has 0 aliphatic carbocycles. The van der Waals surface area contributed by atoms with Gasteiger partial charge in [-0.25, -0.2) is 9.48 Å². The van der Waals surface area contributed by atoms with Crippen LogP contribution in [0.1, 0.15) is 16.1 Å². The first kappa shape index (κ1) is 21.0. The van der Waals surface area contributed by atoms with Crippen LogP contribution in [0.5, 0.6) is 5.75 Å². The standard InChI is InChI=1S/C25H15F3N2O2S/c26-25(27,28)23-15-21(22-6-3-13-33-22)30(29-23)19-10-7-17(8-11-19)24(31)32-20-12-9-16-4-1-2-5-18(16)14-20/h1-15H. The molecule has 5 aromatic rings. The molecule has 2 aromatic heterocycles. The Morgan fingerprint density at radius 1 is 0.879 bits per heavy atom. The molecule has 0 fully saturated rings. The quantitative estimate of drug-likeness (QED) is 0.213. The van der Waals surface area contributed by atoms with Gasteiger partial charge in [0.25, 0.3) is 0 Å². The van der Waals surface area contributed by atoms with Crippen molar-refractivity contribution >= 4 is 28.1 Å². The molecule has 3 aromatic carbocycles. The summed E-state index contributed by atoms with van der Waals surface area (Å²) in [7, 11) is 0. The number of rotatable bonds is 4. The fourth-order valence-electron chi connectivity index (χ4n) is 3.45. The van der Waals surface area contributed by atoms with Gasteiger partial charge in [-0.05, 0) is 64.7 Å². The maximum Gasteiger partial charge on any atom is 0.435 e. The van der Waals surface area contributed by atoms with Crippen LogP contribution in [0.15, 0.2) is 90.3 Å². The molecule has 0 aliphatic rings. The lowest BCUT2D eigenvalue weighted by molar-refractivity contribution is -0.141. The summed E-state index contributed by atoms with van der Waals surface area (Å²) in [5.74, 6) is -0.156. The molecule has 164 valence electrons. The van der Waals surface area contributed by atoms with Crippen molar-refractivity contribution in [2.45, 2.75) is 6.18 Å². The minimum atomic E-state index is -4.57. The van der Waals surface area contributed by atoms with Gasteiger partial charge in [0.15, 0.2) is 5.69 Å². The number of aromatic nitrogens is 2. The number of thiophene rings is 1. The predicted molar refractivity (Wildman–Crippen MR) is 121 cm³/mol. The molecule has 8 heteroatoms. The molecule has 0 spiro atoms. The number of carbonyl (C=O) groups is 1. The minimum absolute atomic E-state index is 0.271. The SMILES string of the molecule is O=C(Oc1ccc2ccccc2c1)c1ccc(-n2nc(C(F)(F)F)cc2-c2cccs2)cc1. The van der Waals surface area contributed by atoms with Gasteiger partial charge >= 0.3 is 12.1 Å². The fraction of sp³-hybridized carbons (Fsp3) is 0.0400. The molecule has 0 radical (unpaired) electrons. The molecule has 0 N–H and O–H groups in total. The summed E-state index contributed by atoms with van der Waals surface area (Å²) < 4.78 is 46.5. The maximum absolute atomic E-state index is 13.3. The van der Waals surface area contributed by atoms with E-state index in [0.29, 0.717) is 22.0 Å². The van der Waals surface area contributed by atoms with Crippen molar-refractivity contribution in [2.75, 3.05) is 0 Å². The molecule has 0 aliphatic heterocycles. The second-order valence-corrected chi connectivity index (χ2v) is 8.19. The number of ether oxygens (including phenoxy) is 1. The zero-order valence-corrected chi connectivity index (χ0v) is 17.7. The molecule has 0 atom stereocenters. The van der Waals surface area contributed by atoms with Crippen molar-refractivity contribution < 1.29 is 22.7 Å². The van der Waals surface area contributed by atoms with E-state index in [2.05, 4.69) is 5.10 Å². The number of hydrogen-bond donors (Lipinski definition) is 0. The summed E-state index contributed by atoms with van der Waals surface area (Å²) in [6.45, 7) is 0. The number of hydrogen-bond acceptors (Lipinski definition) is 4. The van der Waals surface area contributed by atoms with Crippen LogP contribution >= 0.6 is 11.3 Å². The molecule has 0 amide bonds. The molecular weight excluding hydrogens is 449 g/mol. The first-order valence-electron chi connectivity index (χ1n) is 9.91. The highest BCUT2D eigenvalue weighted by molar-refractivity contribution is 7.13. The van der Waals surface area contributed by atoms with Gasteiger partial charge in [-0.2, -0.15) is 18.3 Å². The van der Waals surface area contributed by atoms with E-state index in [0.717, 1.165) is 16.8 Å². The lowest BCUT2D eigenvalue weighted by Crippen LogP contribution is -2.09. The maximum atomic E-state index is 13.3. The van der Waals surface area contributed by atoms with Crippen molar-refractivity contribution in [1.29, 1.82) is 0 Å². The molecule has 33 heavy (non-hydrogen) atoms. The minimum Gasteiger partial charge on any atom is -0.423 e. The number of benzene rings is 3. The smallest absolute Gasteiger partial charge is 0.423 e. The third-order valence-electron chi connectivity index (χ3n) is 5.05. The third-order valence-corrected chi connectivity index (χ3v) is 5.94. The lowest BCUT2D eigenvalue weighted by Gasteiger charge is -2.09. The van der Waals surface area contributed by atoms with Crippen molar-refractivity contribution in [1.82, 2.24) is 9.78 Å². The Morgan fingerprint density at radius 2 is 1.64 bits per heavy atom. The first-order chi connectivity index (χ1) is 15.9. The van der Waals surface area contributed by atoms with Crippen LogP contribution in [0.25, 0.3) is 27.0 Å². The highest BCUT2D eigenvalue weighted by Crippen LogP contribution is 2.34. The van der Waals surface area contributed by atoms with Gasteiger partial charge in [0.2, 0.25) is 0 Å². The van der Waals surface area contributed by atoms with E-state index in [1.807, 2.05) is 30.3 Å². The zero-order chi connectivity index (χ0) is 23.0. The van der Waals surface area contributed by atoms with Gasteiger partial charge in [-0.3, -0.25) is 0 Å². The van der Waals surface area contributed by atoms with Crippen molar-refractivity contribution in [3.63, 3.8) is 0 Å². The van der Waals surface area contributed by atoms with Crippen LogP contribution < -0.4 is 4.74 Å². The van der Waals surface area contributed by atoms with Gasteiger partial charge < -0.3 is 4.74 Å². The van der Waals surface area contributed by atoms with Crippen LogP contribution in [0.2, 0.25) is 0 Å². The van der Waals surface area contributed by atoms with Gasteiger partial charge in [0.05, 0.1) is 21.8 Å². The molecule has 5 rings (SSSR count). The van der Waals surface area contributed by atoms with Crippen molar-refractivity contribution in [3.05, 3.63) is 102 Å². The van der Waals surface area contributed by atoms with E-state index in [9.17, 15) is 18.0 Å². The summed E-state index contributed by atoms with van der Waals surface area (Å²) in [5, 5.41) is 7.52. The zero-order valence-electron chi connectivity index (χ0n) is 16.9. The number of alkyl halides is 3. The highest BCUT2D eigenvalue weighted by atomic mass is 32.1. The Balaban J connectivity index is 1.42. The van der Waals surface area contributed by atoms with Crippen molar-refractivity contribution in [3.8, 4) is 22.0 Å². The number of fused-ring (bicyclic) bond motifs is 1. The molecule has 0 saturated heterocycles. The number of nitrogens with zero attached hydrogens (tertiary/aromatic N) is 2. The Kier molecular flexibility index (Phi) is 5.22. The molecule has 2 heterocycles. The van der Waals surface area contributed by atoms with Crippen LogP contribution in [-0.2, 0) is 6.18 Å². The lowest BCUT2D eigenvalue weighted by atomic mass is 10.1. The largest absolute Gasteiger partial charge is 0.435 e. The third kappa shape index (κ3) is 4.25. The number of esters is 1. The molecule has 0 saturated carbocycles. The second kappa shape index (κ2) is 8.22. The van der Waals surface area contributed by atoms with Crippen LogP contribution in [0.3, 0.4) is 0 Å². The van der Waals surface area contributed by atoms with E-state index < -0.39 is 17.8 Å². The predicted octanol–water partition coefficient (Wildman–Crippen LogP) is 6.99. The average Bonchev–Trinajstić information content (AvgIpc) is 3.49. The van der Waals surface area contributed by atoms with Gasteiger partial charge in [-0.1, -0.05) is 36.4 Å². The Morgan fingerprint density at radius 3 is 2.33 bits per heavy atom. The van der Waals surface area contributed by atoms with Gasteiger partial charge in [-0.15, -0.1) is 11.3 Å². The van der Waals surface area contributed by atoms with Crippen LogP contribution in [0.4, 0.5) is 13.2 Å². The topological polar surface area (TPSA) is 44.1 Å². The van der Waals surface area contributed by atoms with E-state index in [4.69, 9.17) is 4.74 Å². The average molecular weight is 464 g/mol. The second-order valence-electron chi connectivity index (χ2n) is 7.25. The summed E-state index contributed by atoms with van der Waals surface area (Å²) in [5.41, 5.74) is 0.0124. The Hall–Kier alpha value is -3.91. The summed E-state index contributed by atoms with van der Waals surface area (Å²) >= 11 is 1.32. The Labute approximate surface area is 190 Å². The summed E-state index contributed by atoms with van der Waals surface area (Å²) in [6, 6.07) is 23.7. The highest BCUT2D eigenvalue weighted by Gasteiger charge is 2.35. The van der Waals surface area contributed by atoms with E-state index >= 15 is 0 Å². The monoisotopic (exact) mass is 464 g/mol. The number of carbonyl (C=O) groups excluding carboxylic acids is 1. The molecule has 4 nitrogen and oxygen atoms in total. The normalized spacial score (nSPS) is 11.6. The van der Waals surface area contributed by atoms with E-state index in [1.54, 1.807) is 41.8 Å². The Bertz CT molecular complexity index is 1440. The van der Waals surface area contributed by atoms with E-state index in [-0.39, 0.29) is 5.56 Å². The first-order valence-corrected chi connectivity index (χ1v) is 10.8. The summed E-state index contributed by atoms with van der Waals surface area (Å²) in [4.78, 5) is 13.2.